The number of pyridine rings is 1. The molecule has 35 heavy (non-hydrogen) atoms. The van der Waals surface area contributed by atoms with Crippen LogP contribution in [0.4, 0.5) is 23.5 Å². The van der Waals surface area contributed by atoms with Crippen LogP contribution in [0.25, 0.3) is 22.4 Å². The number of alkyl halides is 2. The molecule has 1 aromatic carbocycles. The highest BCUT2D eigenvalue weighted by atomic mass is 19.3. The quantitative estimate of drug-likeness (QED) is 0.437. The molecule has 0 spiro atoms. The number of nitrogens with one attached hydrogen (secondary N) is 1. The lowest BCUT2D eigenvalue weighted by molar-refractivity contribution is -0.0426. The number of aryl methyl sites for hydroxylation is 2. The van der Waals surface area contributed by atoms with Crippen LogP contribution in [0.15, 0.2) is 41.3 Å². The van der Waals surface area contributed by atoms with E-state index in [-0.39, 0.29) is 47.0 Å². The number of aromatic amines is 1. The van der Waals surface area contributed by atoms with Crippen LogP contribution in [0, 0.1) is 25.5 Å². The summed E-state index contributed by atoms with van der Waals surface area (Å²) in [5.74, 6) is -5.76. The van der Waals surface area contributed by atoms with Gasteiger partial charge in [0, 0.05) is 43.4 Å². The summed E-state index contributed by atoms with van der Waals surface area (Å²) in [6, 6.07) is 5.67. The van der Waals surface area contributed by atoms with Crippen LogP contribution >= 0.6 is 0 Å². The summed E-state index contributed by atoms with van der Waals surface area (Å²) in [6.45, 7) is 3.29. The minimum Gasteiger partial charge on any atom is -0.340 e. The van der Waals surface area contributed by atoms with Crippen molar-refractivity contribution in [3.63, 3.8) is 0 Å². The molecule has 4 aromatic rings. The summed E-state index contributed by atoms with van der Waals surface area (Å²) in [6.07, 6.45) is 0.805. The predicted molar refractivity (Wildman–Crippen MR) is 122 cm³/mol. The third-order valence-electron chi connectivity index (χ3n) is 6.24. The number of benzene rings is 1. The van der Waals surface area contributed by atoms with Crippen LogP contribution in [0.2, 0.25) is 0 Å². The first kappa shape index (κ1) is 22.9. The lowest BCUT2D eigenvalue weighted by Gasteiger charge is -2.38. The fourth-order valence-corrected chi connectivity index (χ4v) is 4.19. The van der Waals surface area contributed by atoms with Crippen LogP contribution in [-0.4, -0.2) is 43.9 Å². The topological polar surface area (TPSA) is 87.7 Å². The van der Waals surface area contributed by atoms with E-state index in [0.717, 1.165) is 12.1 Å². The minimum absolute atomic E-state index is 0.00266. The van der Waals surface area contributed by atoms with Crippen molar-refractivity contribution in [3.8, 4) is 11.3 Å². The number of H-pyrrole nitrogens is 1. The van der Waals surface area contributed by atoms with Crippen molar-refractivity contribution >= 4 is 17.1 Å². The molecule has 0 radical (unpaired) electrons. The van der Waals surface area contributed by atoms with Gasteiger partial charge in [0.1, 0.15) is 22.8 Å². The van der Waals surface area contributed by atoms with Crippen molar-refractivity contribution < 1.29 is 17.6 Å². The number of anilines is 1. The van der Waals surface area contributed by atoms with E-state index in [0.29, 0.717) is 11.4 Å². The Hall–Kier alpha value is -3.89. The second-order valence-corrected chi connectivity index (χ2v) is 8.56. The SMILES string of the molecule is Cc1nc2nc(N3CCC(F)(F)C(c4ccc(=O)[nH]c4)C3)nc(-c3ccc(F)cc3F)c2nc1C. The van der Waals surface area contributed by atoms with Crippen molar-refractivity contribution in [3.05, 3.63) is 75.5 Å². The van der Waals surface area contributed by atoms with E-state index in [1.807, 2.05) is 0 Å². The number of halogens is 4. The first-order valence-corrected chi connectivity index (χ1v) is 10.9. The summed E-state index contributed by atoms with van der Waals surface area (Å²) in [5.41, 5.74) is 1.57. The van der Waals surface area contributed by atoms with Gasteiger partial charge in [0.25, 0.3) is 5.92 Å². The maximum Gasteiger partial charge on any atom is 0.258 e. The van der Waals surface area contributed by atoms with Crippen LogP contribution in [0.5, 0.6) is 0 Å². The van der Waals surface area contributed by atoms with E-state index in [9.17, 15) is 22.4 Å². The average Bonchev–Trinajstić information content (AvgIpc) is 2.80. The lowest BCUT2D eigenvalue weighted by Crippen LogP contribution is -2.46. The van der Waals surface area contributed by atoms with E-state index in [4.69, 9.17) is 0 Å². The summed E-state index contributed by atoms with van der Waals surface area (Å²) < 4.78 is 58.0. The van der Waals surface area contributed by atoms with Crippen molar-refractivity contribution in [1.82, 2.24) is 24.9 Å². The number of hydrogen-bond acceptors (Lipinski definition) is 6. The Bertz CT molecular complexity index is 1490. The maximum atomic E-state index is 14.9. The van der Waals surface area contributed by atoms with Gasteiger partial charge in [-0.05, 0) is 31.5 Å². The zero-order chi connectivity index (χ0) is 24.9. The van der Waals surface area contributed by atoms with E-state index in [1.165, 1.54) is 24.4 Å². The molecule has 1 aliphatic rings. The fraction of sp³-hybridized carbons (Fsp3) is 0.292. The second-order valence-electron chi connectivity index (χ2n) is 8.56. The Kier molecular flexibility index (Phi) is 5.49. The van der Waals surface area contributed by atoms with Gasteiger partial charge < -0.3 is 9.88 Å². The van der Waals surface area contributed by atoms with Crippen molar-refractivity contribution in [1.29, 1.82) is 0 Å². The van der Waals surface area contributed by atoms with Crippen molar-refractivity contribution in [2.24, 2.45) is 0 Å². The highest BCUT2D eigenvalue weighted by molar-refractivity contribution is 5.88. The maximum absolute atomic E-state index is 14.9. The van der Waals surface area contributed by atoms with Gasteiger partial charge in [-0.25, -0.2) is 32.5 Å². The van der Waals surface area contributed by atoms with Gasteiger partial charge in [-0.15, -0.1) is 0 Å². The number of aromatic nitrogens is 5. The number of fused-ring (bicyclic) bond motifs is 1. The molecule has 180 valence electrons. The molecule has 5 rings (SSSR count). The van der Waals surface area contributed by atoms with Gasteiger partial charge >= 0.3 is 0 Å². The monoisotopic (exact) mass is 484 g/mol. The van der Waals surface area contributed by atoms with Gasteiger partial charge in [0.05, 0.1) is 17.3 Å². The molecule has 1 saturated heterocycles. The third kappa shape index (κ3) is 4.22. The molecule has 0 saturated carbocycles. The summed E-state index contributed by atoms with van der Waals surface area (Å²) in [7, 11) is 0. The van der Waals surface area contributed by atoms with Gasteiger partial charge in [-0.3, -0.25) is 4.79 Å². The van der Waals surface area contributed by atoms with Crippen LogP contribution < -0.4 is 10.5 Å². The first-order valence-electron chi connectivity index (χ1n) is 10.9. The van der Waals surface area contributed by atoms with Gasteiger partial charge in [-0.2, -0.15) is 4.98 Å². The summed E-state index contributed by atoms with van der Waals surface area (Å²) in [5, 5.41) is 0. The molecule has 1 N–H and O–H groups in total. The Morgan fingerprint density at radius 2 is 1.80 bits per heavy atom. The minimum atomic E-state index is -3.02. The molecule has 1 aliphatic heterocycles. The smallest absolute Gasteiger partial charge is 0.258 e. The van der Waals surface area contributed by atoms with Gasteiger partial charge in [0.2, 0.25) is 11.5 Å². The number of hydrogen-bond donors (Lipinski definition) is 1. The molecule has 0 bridgehead atoms. The molecular formula is C24H20F4N6O. The number of rotatable bonds is 3. The van der Waals surface area contributed by atoms with Gasteiger partial charge in [-0.1, -0.05) is 6.07 Å². The van der Waals surface area contributed by atoms with E-state index in [2.05, 4.69) is 24.9 Å². The fourth-order valence-electron chi connectivity index (χ4n) is 4.19. The van der Waals surface area contributed by atoms with Crippen LogP contribution in [-0.2, 0) is 0 Å². The van der Waals surface area contributed by atoms with Crippen LogP contribution in [0.1, 0.15) is 29.3 Å². The van der Waals surface area contributed by atoms with Crippen molar-refractivity contribution in [2.75, 3.05) is 18.0 Å². The number of piperidine rings is 1. The summed E-state index contributed by atoms with van der Waals surface area (Å²) in [4.78, 5) is 33.3. The molecule has 3 aromatic heterocycles. The molecule has 7 nitrogen and oxygen atoms in total. The largest absolute Gasteiger partial charge is 0.340 e. The average molecular weight is 484 g/mol. The Labute approximate surface area is 196 Å². The molecule has 0 aliphatic carbocycles. The normalized spacial score (nSPS) is 17.7. The highest BCUT2D eigenvalue weighted by Gasteiger charge is 2.45. The van der Waals surface area contributed by atoms with E-state index >= 15 is 0 Å². The predicted octanol–water partition coefficient (Wildman–Crippen LogP) is 4.30. The summed E-state index contributed by atoms with van der Waals surface area (Å²) >= 11 is 0. The third-order valence-corrected chi connectivity index (χ3v) is 6.24. The molecule has 11 heteroatoms. The molecule has 1 unspecified atom stereocenters. The van der Waals surface area contributed by atoms with E-state index < -0.39 is 35.5 Å². The zero-order valence-electron chi connectivity index (χ0n) is 18.8. The molecule has 0 amide bonds. The molecular weight excluding hydrogens is 464 g/mol. The Morgan fingerprint density at radius 3 is 2.51 bits per heavy atom. The Morgan fingerprint density at radius 1 is 1.03 bits per heavy atom. The zero-order valence-corrected chi connectivity index (χ0v) is 18.8. The van der Waals surface area contributed by atoms with Crippen molar-refractivity contribution in [2.45, 2.75) is 32.1 Å². The second kappa shape index (κ2) is 8.40. The van der Waals surface area contributed by atoms with E-state index in [1.54, 1.807) is 18.7 Å². The standard InChI is InChI=1S/C24H20F4N6O/c1-12-13(2)31-22-21(30-12)20(16-5-4-15(25)9-18(16)26)32-23(33-22)34-8-7-24(27,28)17(11-34)14-3-6-19(35)29-10-14/h3-6,9-10,17H,7-8,11H2,1-2H3,(H,29,35). The number of nitrogens with zero attached hydrogens (tertiary/aromatic N) is 5. The van der Waals surface area contributed by atoms with Crippen LogP contribution in [0.3, 0.4) is 0 Å². The molecule has 4 heterocycles. The Balaban J connectivity index is 1.64. The van der Waals surface area contributed by atoms with Gasteiger partial charge in [0.15, 0.2) is 5.65 Å². The highest BCUT2D eigenvalue weighted by Crippen LogP contribution is 2.41. The molecule has 1 fully saturated rings. The molecule has 1 atom stereocenters. The lowest BCUT2D eigenvalue weighted by atomic mass is 9.88. The first-order chi connectivity index (χ1) is 16.6.